The molecule has 3 aromatic rings. The Balaban J connectivity index is 1.33. The van der Waals surface area contributed by atoms with E-state index in [1.165, 1.54) is 18.1 Å². The van der Waals surface area contributed by atoms with Gasteiger partial charge in [-0.05, 0) is 28.7 Å². The SMILES string of the molecule is CCC(C(=O)O)N(C)C(=O)c1cnc(CNC(=O)OCC2c3ccccc3-c3ccccc32)s1. The highest BCUT2D eigenvalue weighted by atomic mass is 32.1. The fourth-order valence-electron chi connectivity index (χ4n) is 4.22. The molecule has 1 aliphatic rings. The van der Waals surface area contributed by atoms with E-state index in [0.717, 1.165) is 33.6 Å². The maximum atomic E-state index is 12.6. The van der Waals surface area contributed by atoms with Crippen LogP contribution in [0.25, 0.3) is 11.1 Å². The zero-order valence-electron chi connectivity index (χ0n) is 18.9. The summed E-state index contributed by atoms with van der Waals surface area (Å²) in [5.41, 5.74) is 4.58. The predicted octanol–water partition coefficient (Wildman–Crippen LogP) is 4.12. The molecule has 0 bridgehead atoms. The van der Waals surface area contributed by atoms with E-state index in [2.05, 4.69) is 34.6 Å². The zero-order chi connectivity index (χ0) is 24.2. The lowest BCUT2D eigenvalue weighted by atomic mass is 9.98. The molecule has 1 unspecified atom stereocenters. The number of carboxylic acids is 1. The first kappa shape index (κ1) is 23.4. The van der Waals surface area contributed by atoms with E-state index < -0.39 is 24.0 Å². The van der Waals surface area contributed by atoms with Crippen LogP contribution >= 0.6 is 11.3 Å². The van der Waals surface area contributed by atoms with Crippen molar-refractivity contribution in [2.75, 3.05) is 13.7 Å². The monoisotopic (exact) mass is 479 g/mol. The minimum atomic E-state index is -1.06. The first-order valence-corrected chi connectivity index (χ1v) is 11.8. The number of alkyl carbamates (subject to hydrolysis) is 1. The van der Waals surface area contributed by atoms with Crippen LogP contribution in [0.15, 0.2) is 54.7 Å². The number of likely N-dealkylation sites (N-methyl/N-ethyl adjacent to an activating group) is 1. The van der Waals surface area contributed by atoms with Crippen molar-refractivity contribution in [2.45, 2.75) is 31.8 Å². The second kappa shape index (κ2) is 10.0. The summed E-state index contributed by atoms with van der Waals surface area (Å²) in [6, 6.07) is 15.3. The van der Waals surface area contributed by atoms with Crippen LogP contribution in [-0.2, 0) is 16.1 Å². The number of rotatable bonds is 8. The normalized spacial score (nSPS) is 13.0. The summed E-state index contributed by atoms with van der Waals surface area (Å²) in [6.07, 6.45) is 1.12. The summed E-state index contributed by atoms with van der Waals surface area (Å²) in [4.78, 5) is 41.9. The second-order valence-corrected chi connectivity index (χ2v) is 9.09. The van der Waals surface area contributed by atoms with Gasteiger partial charge in [0.2, 0.25) is 0 Å². The molecule has 2 N–H and O–H groups in total. The van der Waals surface area contributed by atoms with Crippen molar-refractivity contribution in [1.82, 2.24) is 15.2 Å². The second-order valence-electron chi connectivity index (χ2n) is 7.98. The molecule has 2 aromatic carbocycles. The topological polar surface area (TPSA) is 109 Å². The highest BCUT2D eigenvalue weighted by molar-refractivity contribution is 7.13. The molecule has 0 saturated carbocycles. The van der Waals surface area contributed by atoms with Crippen molar-refractivity contribution >= 4 is 29.3 Å². The van der Waals surface area contributed by atoms with E-state index in [0.29, 0.717) is 16.3 Å². The lowest BCUT2D eigenvalue weighted by Gasteiger charge is -2.22. The average molecular weight is 480 g/mol. The number of carbonyl (C=O) groups excluding carboxylic acids is 2. The van der Waals surface area contributed by atoms with Crippen LogP contribution in [0, 0.1) is 0 Å². The van der Waals surface area contributed by atoms with Crippen molar-refractivity contribution < 1.29 is 24.2 Å². The molecule has 34 heavy (non-hydrogen) atoms. The molecule has 0 spiro atoms. The van der Waals surface area contributed by atoms with Crippen molar-refractivity contribution in [3.8, 4) is 11.1 Å². The van der Waals surface area contributed by atoms with Gasteiger partial charge in [-0.2, -0.15) is 0 Å². The number of fused-ring (bicyclic) bond motifs is 3. The molecule has 0 radical (unpaired) electrons. The molecule has 9 heteroatoms. The maximum absolute atomic E-state index is 12.6. The molecular weight excluding hydrogens is 454 g/mol. The number of hydrogen-bond donors (Lipinski definition) is 2. The first-order chi connectivity index (χ1) is 16.4. The summed E-state index contributed by atoms with van der Waals surface area (Å²) in [5.74, 6) is -1.50. The Morgan fingerprint density at radius 2 is 1.74 bits per heavy atom. The Labute approximate surface area is 201 Å². The number of carbonyl (C=O) groups is 3. The van der Waals surface area contributed by atoms with E-state index in [9.17, 15) is 19.5 Å². The molecule has 1 heterocycles. The summed E-state index contributed by atoms with van der Waals surface area (Å²) in [6.45, 7) is 2.02. The first-order valence-electron chi connectivity index (χ1n) is 10.9. The van der Waals surface area contributed by atoms with E-state index in [-0.39, 0.29) is 19.1 Å². The van der Waals surface area contributed by atoms with Gasteiger partial charge in [-0.25, -0.2) is 14.6 Å². The molecule has 4 rings (SSSR count). The Kier molecular flexibility index (Phi) is 6.93. The van der Waals surface area contributed by atoms with Crippen LogP contribution in [-0.4, -0.2) is 52.7 Å². The van der Waals surface area contributed by atoms with Gasteiger partial charge in [0.1, 0.15) is 22.5 Å². The molecule has 8 nitrogen and oxygen atoms in total. The third kappa shape index (κ3) is 4.65. The smallest absolute Gasteiger partial charge is 0.407 e. The minimum Gasteiger partial charge on any atom is -0.480 e. The van der Waals surface area contributed by atoms with Gasteiger partial charge < -0.3 is 20.1 Å². The number of thiazole rings is 1. The van der Waals surface area contributed by atoms with Gasteiger partial charge in [0.15, 0.2) is 0 Å². The molecule has 2 amide bonds. The van der Waals surface area contributed by atoms with Crippen LogP contribution in [0.2, 0.25) is 0 Å². The highest BCUT2D eigenvalue weighted by Gasteiger charge is 2.29. The molecule has 0 aliphatic heterocycles. The summed E-state index contributed by atoms with van der Waals surface area (Å²) in [5, 5.41) is 12.5. The number of benzene rings is 2. The largest absolute Gasteiger partial charge is 0.480 e. The maximum Gasteiger partial charge on any atom is 0.407 e. The van der Waals surface area contributed by atoms with Gasteiger partial charge in [-0.1, -0.05) is 55.5 Å². The quantitative estimate of drug-likeness (QED) is 0.503. The predicted molar refractivity (Wildman–Crippen MR) is 128 cm³/mol. The van der Waals surface area contributed by atoms with Crippen molar-refractivity contribution in [3.05, 3.63) is 75.7 Å². The number of hydrogen-bond acceptors (Lipinski definition) is 6. The highest BCUT2D eigenvalue weighted by Crippen LogP contribution is 2.44. The molecule has 0 fully saturated rings. The summed E-state index contributed by atoms with van der Waals surface area (Å²) >= 11 is 1.11. The standard InChI is InChI=1S/C25H25N3O5S/c1-3-20(24(30)31)28(2)23(29)21-12-26-22(34-21)13-27-25(32)33-14-19-17-10-6-4-8-15(17)16-9-5-7-11-18(16)19/h4-12,19-20H,3,13-14H2,1-2H3,(H,27,32)(H,30,31). The number of aromatic nitrogens is 1. The average Bonchev–Trinajstić information content (AvgIpc) is 3.44. The molecule has 1 aliphatic carbocycles. The number of ether oxygens (including phenoxy) is 1. The fraction of sp³-hybridized carbons (Fsp3) is 0.280. The summed E-state index contributed by atoms with van der Waals surface area (Å²) < 4.78 is 5.51. The van der Waals surface area contributed by atoms with Crippen LogP contribution in [0.3, 0.4) is 0 Å². The van der Waals surface area contributed by atoms with Gasteiger partial charge in [0, 0.05) is 13.0 Å². The Hall–Kier alpha value is -3.72. The zero-order valence-corrected chi connectivity index (χ0v) is 19.7. The van der Waals surface area contributed by atoms with Gasteiger partial charge in [-0.3, -0.25) is 4.79 Å². The number of nitrogens with one attached hydrogen (secondary N) is 1. The Morgan fingerprint density at radius 1 is 1.12 bits per heavy atom. The number of nitrogens with zero attached hydrogens (tertiary/aromatic N) is 2. The van der Waals surface area contributed by atoms with E-state index in [4.69, 9.17) is 4.74 Å². The van der Waals surface area contributed by atoms with Gasteiger partial charge >= 0.3 is 12.1 Å². The third-order valence-electron chi connectivity index (χ3n) is 5.95. The van der Waals surface area contributed by atoms with E-state index in [1.54, 1.807) is 6.92 Å². The molecule has 1 atom stereocenters. The van der Waals surface area contributed by atoms with Gasteiger partial charge in [0.05, 0.1) is 12.7 Å². The molecular formula is C25H25N3O5S. The van der Waals surface area contributed by atoms with Crippen LogP contribution < -0.4 is 5.32 Å². The van der Waals surface area contributed by atoms with Crippen LogP contribution in [0.5, 0.6) is 0 Å². The Morgan fingerprint density at radius 3 is 2.32 bits per heavy atom. The van der Waals surface area contributed by atoms with Crippen LogP contribution in [0.4, 0.5) is 4.79 Å². The number of carboxylic acid groups (broad SMARTS) is 1. The Bertz CT molecular complexity index is 1180. The third-order valence-corrected chi connectivity index (χ3v) is 6.94. The van der Waals surface area contributed by atoms with Gasteiger partial charge in [0.25, 0.3) is 5.91 Å². The lowest BCUT2D eigenvalue weighted by molar-refractivity contribution is -0.142. The van der Waals surface area contributed by atoms with Crippen molar-refractivity contribution in [3.63, 3.8) is 0 Å². The number of aliphatic carboxylic acids is 1. The summed E-state index contributed by atoms with van der Waals surface area (Å²) in [7, 11) is 1.46. The van der Waals surface area contributed by atoms with Crippen molar-refractivity contribution in [2.24, 2.45) is 0 Å². The van der Waals surface area contributed by atoms with Gasteiger partial charge in [-0.15, -0.1) is 11.3 Å². The van der Waals surface area contributed by atoms with E-state index in [1.807, 2.05) is 24.3 Å². The van der Waals surface area contributed by atoms with Crippen LogP contribution in [0.1, 0.15) is 45.1 Å². The fourth-order valence-corrected chi connectivity index (χ4v) is 5.06. The molecule has 0 saturated heterocycles. The van der Waals surface area contributed by atoms with E-state index >= 15 is 0 Å². The number of amides is 2. The molecule has 176 valence electrons. The van der Waals surface area contributed by atoms with Crippen molar-refractivity contribution in [1.29, 1.82) is 0 Å². The minimum absolute atomic E-state index is 0.0291. The lowest BCUT2D eigenvalue weighted by Crippen LogP contribution is -2.41. The molecule has 1 aromatic heterocycles.